The lowest BCUT2D eigenvalue weighted by atomic mass is 10.0. The van der Waals surface area contributed by atoms with E-state index in [1.165, 1.54) is 5.39 Å². The number of morpholine rings is 1. The molecule has 2 aromatic rings. The standard InChI is InChI=1S/C19H22N2O2/c22-19(20-10-11-21-12-14-23-15-13-21)9-8-17-6-3-5-16-4-1-2-7-18(16)17/h1-9H,10-15H2,(H,20,22)/b9-8+. The number of nitrogens with one attached hydrogen (secondary N) is 1. The van der Waals surface area contributed by atoms with Gasteiger partial charge in [0.2, 0.25) is 5.91 Å². The summed E-state index contributed by atoms with van der Waals surface area (Å²) in [4.78, 5) is 14.3. The van der Waals surface area contributed by atoms with Gasteiger partial charge in [0.1, 0.15) is 0 Å². The third-order valence-corrected chi connectivity index (χ3v) is 4.07. The lowest BCUT2D eigenvalue weighted by molar-refractivity contribution is -0.116. The second-order valence-electron chi connectivity index (χ2n) is 5.65. The minimum absolute atomic E-state index is 0.0498. The predicted molar refractivity (Wildman–Crippen MR) is 93.3 cm³/mol. The van der Waals surface area contributed by atoms with E-state index in [0.29, 0.717) is 6.54 Å². The van der Waals surface area contributed by atoms with Gasteiger partial charge in [-0.1, -0.05) is 42.5 Å². The molecular weight excluding hydrogens is 288 g/mol. The van der Waals surface area contributed by atoms with Crippen LogP contribution in [0.3, 0.4) is 0 Å². The second-order valence-corrected chi connectivity index (χ2v) is 5.65. The molecule has 1 aliphatic heterocycles. The normalized spacial score (nSPS) is 16.0. The molecule has 3 rings (SSSR count). The van der Waals surface area contributed by atoms with Crippen LogP contribution in [0.25, 0.3) is 16.8 Å². The Hall–Kier alpha value is -2.17. The van der Waals surface area contributed by atoms with E-state index in [0.717, 1.165) is 43.8 Å². The molecule has 2 aromatic carbocycles. The molecule has 0 saturated carbocycles. The zero-order chi connectivity index (χ0) is 15.9. The van der Waals surface area contributed by atoms with Crippen LogP contribution >= 0.6 is 0 Å². The molecule has 1 saturated heterocycles. The molecule has 1 heterocycles. The summed E-state index contributed by atoms with van der Waals surface area (Å²) in [5, 5.41) is 5.28. The van der Waals surface area contributed by atoms with Gasteiger partial charge >= 0.3 is 0 Å². The Balaban J connectivity index is 1.53. The van der Waals surface area contributed by atoms with Gasteiger partial charge in [-0.15, -0.1) is 0 Å². The van der Waals surface area contributed by atoms with Crippen molar-refractivity contribution >= 4 is 22.8 Å². The number of hydrogen-bond acceptors (Lipinski definition) is 3. The third kappa shape index (κ3) is 4.41. The van der Waals surface area contributed by atoms with E-state index in [-0.39, 0.29) is 5.91 Å². The van der Waals surface area contributed by atoms with Crippen LogP contribution in [0.15, 0.2) is 48.5 Å². The molecular formula is C19H22N2O2. The first-order valence-electron chi connectivity index (χ1n) is 8.07. The van der Waals surface area contributed by atoms with E-state index in [2.05, 4.69) is 28.4 Å². The number of carbonyl (C=O) groups excluding carboxylic acids is 1. The maximum Gasteiger partial charge on any atom is 0.244 e. The lowest BCUT2D eigenvalue weighted by Gasteiger charge is -2.26. The van der Waals surface area contributed by atoms with Gasteiger partial charge in [0, 0.05) is 32.3 Å². The number of carbonyl (C=O) groups is 1. The molecule has 0 radical (unpaired) electrons. The van der Waals surface area contributed by atoms with Crippen molar-refractivity contribution in [3.63, 3.8) is 0 Å². The predicted octanol–water partition coefficient (Wildman–Crippen LogP) is 2.30. The van der Waals surface area contributed by atoms with Crippen LogP contribution in [0.4, 0.5) is 0 Å². The molecule has 0 aliphatic carbocycles. The Kier molecular flexibility index (Phi) is 5.40. The van der Waals surface area contributed by atoms with E-state index in [4.69, 9.17) is 4.74 Å². The number of amides is 1. The molecule has 0 spiro atoms. The van der Waals surface area contributed by atoms with Gasteiger partial charge in [-0.3, -0.25) is 9.69 Å². The molecule has 4 nitrogen and oxygen atoms in total. The van der Waals surface area contributed by atoms with E-state index in [9.17, 15) is 4.79 Å². The largest absolute Gasteiger partial charge is 0.379 e. The SMILES string of the molecule is O=C(/C=C/c1cccc2ccccc12)NCCN1CCOCC1. The van der Waals surface area contributed by atoms with Crippen molar-refractivity contribution in [1.82, 2.24) is 10.2 Å². The fourth-order valence-corrected chi connectivity index (χ4v) is 2.78. The van der Waals surface area contributed by atoms with E-state index < -0.39 is 0 Å². The molecule has 1 amide bonds. The Morgan fingerprint density at radius 3 is 2.78 bits per heavy atom. The highest BCUT2D eigenvalue weighted by molar-refractivity contribution is 5.96. The van der Waals surface area contributed by atoms with E-state index in [1.807, 2.05) is 30.3 Å². The molecule has 4 heteroatoms. The lowest BCUT2D eigenvalue weighted by Crippen LogP contribution is -2.41. The maximum atomic E-state index is 12.0. The Bertz CT molecular complexity index is 685. The molecule has 1 aliphatic rings. The van der Waals surface area contributed by atoms with Gasteiger partial charge in [0.15, 0.2) is 0 Å². The van der Waals surface area contributed by atoms with E-state index >= 15 is 0 Å². The van der Waals surface area contributed by atoms with Gasteiger partial charge in [-0.2, -0.15) is 0 Å². The first-order valence-corrected chi connectivity index (χ1v) is 8.07. The van der Waals surface area contributed by atoms with Crippen LogP contribution in [0, 0.1) is 0 Å². The first kappa shape index (κ1) is 15.7. The number of rotatable bonds is 5. The zero-order valence-corrected chi connectivity index (χ0v) is 13.2. The second kappa shape index (κ2) is 7.90. The first-order chi connectivity index (χ1) is 11.3. The maximum absolute atomic E-state index is 12.0. The quantitative estimate of drug-likeness (QED) is 0.862. The van der Waals surface area contributed by atoms with Crippen molar-refractivity contribution in [2.75, 3.05) is 39.4 Å². The summed E-state index contributed by atoms with van der Waals surface area (Å²) in [7, 11) is 0. The van der Waals surface area contributed by atoms with Crippen molar-refractivity contribution in [2.24, 2.45) is 0 Å². The highest BCUT2D eigenvalue weighted by Crippen LogP contribution is 2.19. The monoisotopic (exact) mass is 310 g/mol. The van der Waals surface area contributed by atoms with Gasteiger partial charge in [-0.25, -0.2) is 0 Å². The van der Waals surface area contributed by atoms with Crippen molar-refractivity contribution in [1.29, 1.82) is 0 Å². The number of benzene rings is 2. The summed E-state index contributed by atoms with van der Waals surface area (Å²) >= 11 is 0. The molecule has 0 bridgehead atoms. The summed E-state index contributed by atoms with van der Waals surface area (Å²) < 4.78 is 5.31. The summed E-state index contributed by atoms with van der Waals surface area (Å²) in [5.74, 6) is -0.0498. The van der Waals surface area contributed by atoms with Crippen LogP contribution in [0.1, 0.15) is 5.56 Å². The average molecular weight is 310 g/mol. The van der Waals surface area contributed by atoms with Gasteiger partial charge in [0.25, 0.3) is 0 Å². The van der Waals surface area contributed by atoms with Crippen LogP contribution in [-0.4, -0.2) is 50.2 Å². The van der Waals surface area contributed by atoms with Crippen LogP contribution in [0.5, 0.6) is 0 Å². The van der Waals surface area contributed by atoms with Gasteiger partial charge < -0.3 is 10.1 Å². The van der Waals surface area contributed by atoms with Crippen LogP contribution < -0.4 is 5.32 Å². The number of hydrogen-bond donors (Lipinski definition) is 1. The minimum Gasteiger partial charge on any atom is -0.379 e. The fourth-order valence-electron chi connectivity index (χ4n) is 2.78. The summed E-state index contributed by atoms with van der Waals surface area (Å²) in [5.41, 5.74) is 1.06. The zero-order valence-electron chi connectivity index (χ0n) is 13.2. The number of nitrogens with zero attached hydrogens (tertiary/aromatic N) is 1. The Labute approximate surface area is 136 Å². The van der Waals surface area contributed by atoms with Gasteiger partial charge in [0.05, 0.1) is 13.2 Å². The summed E-state index contributed by atoms with van der Waals surface area (Å²) in [6.45, 7) is 5.00. The van der Waals surface area contributed by atoms with Crippen molar-refractivity contribution in [3.8, 4) is 0 Å². The third-order valence-electron chi connectivity index (χ3n) is 4.07. The molecule has 0 atom stereocenters. The fraction of sp³-hybridized carbons (Fsp3) is 0.316. The Morgan fingerprint density at radius 1 is 1.13 bits per heavy atom. The number of fused-ring (bicyclic) bond motifs is 1. The minimum atomic E-state index is -0.0498. The molecule has 120 valence electrons. The van der Waals surface area contributed by atoms with Crippen LogP contribution in [-0.2, 0) is 9.53 Å². The molecule has 1 fully saturated rings. The molecule has 0 unspecified atom stereocenters. The van der Waals surface area contributed by atoms with Crippen LogP contribution in [0.2, 0.25) is 0 Å². The van der Waals surface area contributed by atoms with E-state index in [1.54, 1.807) is 6.08 Å². The molecule has 0 aromatic heterocycles. The smallest absolute Gasteiger partial charge is 0.244 e. The Morgan fingerprint density at radius 2 is 1.91 bits per heavy atom. The average Bonchev–Trinajstić information content (AvgIpc) is 2.61. The molecule has 23 heavy (non-hydrogen) atoms. The van der Waals surface area contributed by atoms with Crippen molar-refractivity contribution in [3.05, 3.63) is 54.1 Å². The molecule has 1 N–H and O–H groups in total. The topological polar surface area (TPSA) is 41.6 Å². The summed E-state index contributed by atoms with van der Waals surface area (Å²) in [6.07, 6.45) is 3.49. The highest BCUT2D eigenvalue weighted by atomic mass is 16.5. The van der Waals surface area contributed by atoms with Crippen molar-refractivity contribution in [2.45, 2.75) is 0 Å². The van der Waals surface area contributed by atoms with Crippen molar-refractivity contribution < 1.29 is 9.53 Å². The van der Waals surface area contributed by atoms with Gasteiger partial charge in [-0.05, 0) is 22.4 Å². The number of ether oxygens (including phenoxy) is 1. The highest BCUT2D eigenvalue weighted by Gasteiger charge is 2.09. The summed E-state index contributed by atoms with van der Waals surface area (Å²) in [6, 6.07) is 14.3.